The summed E-state index contributed by atoms with van der Waals surface area (Å²) in [4.78, 5) is 25.8. The highest BCUT2D eigenvalue weighted by Gasteiger charge is 2.13. The number of ether oxygens (including phenoxy) is 1. The number of hydrogen-bond donors (Lipinski definition) is 0. The minimum Gasteiger partial charge on any atom is -0.460 e. The third-order valence-corrected chi connectivity index (χ3v) is 1.76. The summed E-state index contributed by atoms with van der Waals surface area (Å²) in [5, 5.41) is 3.87. The Balaban J connectivity index is 2.20. The maximum Gasteiger partial charge on any atom is 0.374 e. The molecule has 0 aliphatic heterocycles. The first-order valence-electron chi connectivity index (χ1n) is 4.76. The summed E-state index contributed by atoms with van der Waals surface area (Å²) >= 11 is 0. The molecule has 15 heavy (non-hydrogen) atoms. The molecule has 0 spiro atoms. The Kier molecular flexibility index (Phi) is 4.46. The maximum atomic E-state index is 11.1. The zero-order valence-corrected chi connectivity index (χ0v) is 8.55. The molecule has 1 aromatic heterocycles. The van der Waals surface area contributed by atoms with E-state index in [-0.39, 0.29) is 13.0 Å². The molecule has 0 unspecified atom stereocenters. The molecular formula is C9H13N3O3. The number of Topliss-reactive ketones (excluding diaryl/α,β-unsaturated/α-hetero) is 1. The van der Waals surface area contributed by atoms with Crippen molar-refractivity contribution in [2.45, 2.75) is 26.3 Å². The van der Waals surface area contributed by atoms with Crippen molar-refractivity contribution < 1.29 is 14.3 Å². The molecular weight excluding hydrogens is 198 g/mol. The predicted molar refractivity (Wildman–Crippen MR) is 50.9 cm³/mol. The number of carbonyl (C=O) groups is 2. The molecule has 0 bridgehead atoms. The fourth-order valence-electron chi connectivity index (χ4n) is 1.06. The van der Waals surface area contributed by atoms with Crippen molar-refractivity contribution in [2.75, 3.05) is 6.61 Å². The number of esters is 1. The summed E-state index contributed by atoms with van der Waals surface area (Å²) in [5.74, 6) is -1.24. The molecule has 0 aliphatic carbocycles. The molecule has 0 amide bonds. The van der Waals surface area contributed by atoms with E-state index in [4.69, 9.17) is 0 Å². The molecule has 1 aromatic rings. The second-order valence-electron chi connectivity index (χ2n) is 2.91. The van der Waals surface area contributed by atoms with Crippen LogP contribution in [0.15, 0.2) is 12.7 Å². The lowest BCUT2D eigenvalue weighted by Gasteiger charge is -2.01. The van der Waals surface area contributed by atoms with Crippen molar-refractivity contribution >= 4 is 11.8 Å². The zero-order valence-electron chi connectivity index (χ0n) is 8.55. The molecule has 82 valence electrons. The van der Waals surface area contributed by atoms with E-state index >= 15 is 0 Å². The average molecular weight is 211 g/mol. The Morgan fingerprint density at radius 2 is 2.27 bits per heavy atom. The quantitative estimate of drug-likeness (QED) is 0.496. The molecule has 0 radical (unpaired) electrons. The Morgan fingerprint density at radius 3 is 2.87 bits per heavy atom. The number of aromatic nitrogens is 3. The first kappa shape index (κ1) is 11.4. The van der Waals surface area contributed by atoms with Crippen LogP contribution in [0.1, 0.15) is 19.8 Å². The van der Waals surface area contributed by atoms with Crippen LogP contribution in [0, 0.1) is 0 Å². The highest BCUT2D eigenvalue weighted by molar-refractivity contribution is 6.33. The predicted octanol–water partition coefficient (Wildman–Crippen LogP) is 0.190. The molecule has 1 heterocycles. The largest absolute Gasteiger partial charge is 0.460 e. The van der Waals surface area contributed by atoms with E-state index < -0.39 is 11.8 Å². The molecule has 0 saturated heterocycles. The van der Waals surface area contributed by atoms with E-state index in [0.29, 0.717) is 13.0 Å². The first-order chi connectivity index (χ1) is 7.24. The van der Waals surface area contributed by atoms with Gasteiger partial charge in [0.05, 0.1) is 6.61 Å². The lowest BCUT2D eigenvalue weighted by atomic mass is 10.2. The van der Waals surface area contributed by atoms with Crippen molar-refractivity contribution in [3.63, 3.8) is 0 Å². The highest BCUT2D eigenvalue weighted by Crippen LogP contribution is 1.96. The monoisotopic (exact) mass is 211 g/mol. The third kappa shape index (κ3) is 3.88. The van der Waals surface area contributed by atoms with Crippen LogP contribution in [-0.4, -0.2) is 33.1 Å². The van der Waals surface area contributed by atoms with E-state index in [1.807, 2.05) is 0 Å². The Labute approximate surface area is 87.2 Å². The van der Waals surface area contributed by atoms with Gasteiger partial charge in [-0.1, -0.05) is 0 Å². The van der Waals surface area contributed by atoms with Crippen LogP contribution in [0.5, 0.6) is 0 Å². The first-order valence-corrected chi connectivity index (χ1v) is 4.76. The lowest BCUT2D eigenvalue weighted by Crippen LogP contribution is -2.17. The van der Waals surface area contributed by atoms with E-state index in [9.17, 15) is 9.59 Å². The lowest BCUT2D eigenvalue weighted by molar-refractivity contribution is -0.153. The van der Waals surface area contributed by atoms with Gasteiger partial charge in [0.25, 0.3) is 0 Å². The minimum atomic E-state index is -0.754. The van der Waals surface area contributed by atoms with Crippen LogP contribution >= 0.6 is 0 Å². The standard InChI is InChI=1S/C9H13N3O3/c1-2-15-9(14)8(13)4-3-5-12-7-10-6-11-12/h6-7H,2-5H2,1H3. The van der Waals surface area contributed by atoms with E-state index in [1.54, 1.807) is 17.9 Å². The number of nitrogens with zero attached hydrogens (tertiary/aromatic N) is 3. The van der Waals surface area contributed by atoms with Gasteiger partial charge in [0.2, 0.25) is 5.78 Å². The van der Waals surface area contributed by atoms with E-state index in [0.717, 1.165) is 0 Å². The van der Waals surface area contributed by atoms with Crippen molar-refractivity contribution in [1.82, 2.24) is 14.8 Å². The van der Waals surface area contributed by atoms with Crippen LogP contribution in [0.3, 0.4) is 0 Å². The van der Waals surface area contributed by atoms with E-state index in [2.05, 4.69) is 14.8 Å². The topological polar surface area (TPSA) is 74.1 Å². The molecule has 6 nitrogen and oxygen atoms in total. The van der Waals surface area contributed by atoms with Crippen LogP contribution in [0.2, 0.25) is 0 Å². The zero-order chi connectivity index (χ0) is 11.1. The van der Waals surface area contributed by atoms with Gasteiger partial charge in [-0.15, -0.1) is 0 Å². The molecule has 0 atom stereocenters. The summed E-state index contributed by atoms with van der Waals surface area (Å²) < 4.78 is 6.18. The molecule has 1 rings (SSSR count). The summed E-state index contributed by atoms with van der Waals surface area (Å²) in [5.41, 5.74) is 0. The number of ketones is 1. The molecule has 6 heteroatoms. The van der Waals surface area contributed by atoms with E-state index in [1.165, 1.54) is 6.33 Å². The number of hydrogen-bond acceptors (Lipinski definition) is 5. The van der Waals surface area contributed by atoms with Gasteiger partial charge in [-0.3, -0.25) is 9.48 Å². The molecule has 0 aliphatic rings. The number of carbonyl (C=O) groups excluding carboxylic acids is 2. The summed E-state index contributed by atoms with van der Waals surface area (Å²) in [6.07, 6.45) is 3.72. The van der Waals surface area contributed by atoms with Gasteiger partial charge < -0.3 is 4.74 Å². The number of rotatable bonds is 6. The summed E-state index contributed by atoms with van der Waals surface area (Å²) in [7, 11) is 0. The van der Waals surface area contributed by atoms with Gasteiger partial charge in [-0.05, 0) is 13.3 Å². The van der Waals surface area contributed by atoms with Gasteiger partial charge in [-0.25, -0.2) is 9.78 Å². The normalized spacial score (nSPS) is 9.93. The van der Waals surface area contributed by atoms with Crippen molar-refractivity contribution in [3.8, 4) is 0 Å². The number of aryl methyl sites for hydroxylation is 1. The van der Waals surface area contributed by atoms with Crippen molar-refractivity contribution in [1.29, 1.82) is 0 Å². The molecule has 0 fully saturated rings. The second-order valence-corrected chi connectivity index (χ2v) is 2.91. The third-order valence-electron chi connectivity index (χ3n) is 1.76. The summed E-state index contributed by atoms with van der Waals surface area (Å²) in [6, 6.07) is 0. The van der Waals surface area contributed by atoms with Crippen molar-refractivity contribution in [2.24, 2.45) is 0 Å². The Hall–Kier alpha value is -1.72. The SMILES string of the molecule is CCOC(=O)C(=O)CCCn1cncn1. The van der Waals surface area contributed by atoms with Crippen LogP contribution in [0.25, 0.3) is 0 Å². The molecule has 0 saturated carbocycles. The summed E-state index contributed by atoms with van der Waals surface area (Å²) in [6.45, 7) is 2.47. The minimum absolute atomic E-state index is 0.179. The van der Waals surface area contributed by atoms with Gasteiger partial charge >= 0.3 is 5.97 Å². The molecule has 0 N–H and O–H groups in total. The Bertz CT molecular complexity index is 321. The van der Waals surface area contributed by atoms with Gasteiger partial charge in [0.1, 0.15) is 12.7 Å². The van der Waals surface area contributed by atoms with Crippen molar-refractivity contribution in [3.05, 3.63) is 12.7 Å². The fraction of sp³-hybridized carbons (Fsp3) is 0.556. The maximum absolute atomic E-state index is 11.1. The van der Waals surface area contributed by atoms with Crippen LogP contribution < -0.4 is 0 Å². The average Bonchev–Trinajstić information content (AvgIpc) is 2.71. The van der Waals surface area contributed by atoms with Gasteiger partial charge in [0.15, 0.2) is 0 Å². The highest BCUT2D eigenvalue weighted by atomic mass is 16.5. The van der Waals surface area contributed by atoms with Crippen LogP contribution in [-0.2, 0) is 20.9 Å². The van der Waals surface area contributed by atoms with Crippen LogP contribution in [0.4, 0.5) is 0 Å². The Morgan fingerprint density at radius 1 is 1.47 bits per heavy atom. The van der Waals surface area contributed by atoms with Gasteiger partial charge in [-0.2, -0.15) is 5.10 Å². The molecule has 0 aromatic carbocycles. The smallest absolute Gasteiger partial charge is 0.374 e. The fourth-order valence-corrected chi connectivity index (χ4v) is 1.06. The second kappa shape index (κ2) is 5.90. The van der Waals surface area contributed by atoms with Gasteiger partial charge in [0, 0.05) is 13.0 Å².